The van der Waals surface area contributed by atoms with Crippen molar-refractivity contribution in [1.82, 2.24) is 9.80 Å². The van der Waals surface area contributed by atoms with Crippen molar-refractivity contribution in [2.24, 2.45) is 5.92 Å². The second-order valence-corrected chi connectivity index (χ2v) is 7.67. The van der Waals surface area contributed by atoms with E-state index in [1.165, 1.54) is 5.56 Å². The highest BCUT2D eigenvalue weighted by Gasteiger charge is 2.29. The molecule has 2 aliphatic rings. The van der Waals surface area contributed by atoms with Crippen LogP contribution in [0.15, 0.2) is 48.5 Å². The summed E-state index contributed by atoms with van der Waals surface area (Å²) < 4.78 is 5.82. The van der Waals surface area contributed by atoms with Gasteiger partial charge in [0.25, 0.3) is 0 Å². The molecule has 0 radical (unpaired) electrons. The molecule has 1 saturated heterocycles. The second-order valence-electron chi connectivity index (χ2n) is 7.67. The fraction of sp³-hybridized carbons (Fsp3) is 0.435. The van der Waals surface area contributed by atoms with Crippen LogP contribution < -0.4 is 4.74 Å². The Bertz CT molecular complexity index is 815. The summed E-state index contributed by atoms with van der Waals surface area (Å²) in [5.41, 5.74) is 3.29. The average molecular weight is 380 g/mol. The van der Waals surface area contributed by atoms with Gasteiger partial charge in [-0.3, -0.25) is 9.69 Å². The Morgan fingerprint density at radius 1 is 1.00 bits per heavy atom. The number of rotatable bonds is 4. The zero-order chi connectivity index (χ0) is 19.3. The van der Waals surface area contributed by atoms with Crippen LogP contribution in [0.2, 0.25) is 0 Å². The number of hydrogen-bond acceptors (Lipinski definition) is 4. The number of carbonyl (C=O) groups is 1. The van der Waals surface area contributed by atoms with Crippen LogP contribution >= 0.6 is 0 Å². The highest BCUT2D eigenvalue weighted by molar-refractivity contribution is 5.79. The SMILES string of the molecule is O=C([C@@H]1CCOc2ccccc2C1)N1CCN(Cc2ccccc2CO)CC1. The Kier molecular flexibility index (Phi) is 5.93. The van der Waals surface area contributed by atoms with E-state index in [0.29, 0.717) is 6.61 Å². The summed E-state index contributed by atoms with van der Waals surface area (Å²) in [5, 5.41) is 9.52. The first-order valence-electron chi connectivity index (χ1n) is 10.1. The van der Waals surface area contributed by atoms with Gasteiger partial charge in [0.15, 0.2) is 0 Å². The molecule has 2 aliphatic heterocycles. The minimum Gasteiger partial charge on any atom is -0.493 e. The first-order chi connectivity index (χ1) is 13.7. The monoisotopic (exact) mass is 380 g/mol. The molecule has 28 heavy (non-hydrogen) atoms. The number of aliphatic hydroxyl groups excluding tert-OH is 1. The summed E-state index contributed by atoms with van der Waals surface area (Å²) in [6.07, 6.45) is 1.54. The van der Waals surface area contributed by atoms with E-state index >= 15 is 0 Å². The quantitative estimate of drug-likeness (QED) is 0.885. The summed E-state index contributed by atoms with van der Waals surface area (Å²) in [6, 6.07) is 16.1. The predicted molar refractivity (Wildman–Crippen MR) is 108 cm³/mol. The molecule has 1 amide bonds. The molecule has 0 bridgehead atoms. The Morgan fingerprint density at radius 3 is 2.50 bits per heavy atom. The van der Waals surface area contributed by atoms with Crippen molar-refractivity contribution >= 4 is 5.91 Å². The summed E-state index contributed by atoms with van der Waals surface area (Å²) >= 11 is 0. The van der Waals surface area contributed by atoms with Crippen LogP contribution in [-0.4, -0.2) is 53.6 Å². The molecule has 1 N–H and O–H groups in total. The van der Waals surface area contributed by atoms with Gasteiger partial charge in [-0.15, -0.1) is 0 Å². The Morgan fingerprint density at radius 2 is 1.71 bits per heavy atom. The van der Waals surface area contributed by atoms with Gasteiger partial charge in [-0.2, -0.15) is 0 Å². The normalized spacial score (nSPS) is 20.2. The third kappa shape index (κ3) is 4.21. The van der Waals surface area contributed by atoms with Gasteiger partial charge in [0.1, 0.15) is 5.75 Å². The van der Waals surface area contributed by atoms with Crippen LogP contribution in [0.1, 0.15) is 23.1 Å². The van der Waals surface area contributed by atoms with E-state index in [4.69, 9.17) is 4.74 Å². The Balaban J connectivity index is 1.34. The summed E-state index contributed by atoms with van der Waals surface area (Å²) in [7, 11) is 0. The maximum Gasteiger partial charge on any atom is 0.226 e. The molecule has 2 aromatic carbocycles. The lowest BCUT2D eigenvalue weighted by atomic mass is 9.95. The van der Waals surface area contributed by atoms with Gasteiger partial charge in [0, 0.05) is 38.6 Å². The van der Waals surface area contributed by atoms with E-state index in [2.05, 4.69) is 17.0 Å². The van der Waals surface area contributed by atoms with E-state index in [0.717, 1.165) is 62.4 Å². The summed E-state index contributed by atoms with van der Waals surface area (Å²) in [4.78, 5) is 17.5. The van der Waals surface area contributed by atoms with Crippen molar-refractivity contribution in [3.63, 3.8) is 0 Å². The van der Waals surface area contributed by atoms with Crippen LogP contribution in [0.5, 0.6) is 5.75 Å². The maximum absolute atomic E-state index is 13.1. The van der Waals surface area contributed by atoms with Crippen LogP contribution in [0.4, 0.5) is 0 Å². The van der Waals surface area contributed by atoms with E-state index in [1.807, 2.05) is 41.3 Å². The van der Waals surface area contributed by atoms with E-state index in [1.54, 1.807) is 0 Å². The van der Waals surface area contributed by atoms with Crippen molar-refractivity contribution < 1.29 is 14.6 Å². The molecule has 1 atom stereocenters. The van der Waals surface area contributed by atoms with Gasteiger partial charge in [-0.1, -0.05) is 42.5 Å². The third-order valence-corrected chi connectivity index (χ3v) is 5.88. The number of aliphatic hydroxyl groups is 1. The summed E-state index contributed by atoms with van der Waals surface area (Å²) in [5.74, 6) is 1.19. The molecular formula is C23H28N2O3. The molecule has 0 aliphatic carbocycles. The van der Waals surface area contributed by atoms with Crippen LogP contribution in [0.25, 0.3) is 0 Å². The van der Waals surface area contributed by atoms with Crippen LogP contribution in [-0.2, 0) is 24.4 Å². The number of hydrogen-bond donors (Lipinski definition) is 1. The fourth-order valence-electron chi connectivity index (χ4n) is 4.19. The van der Waals surface area contributed by atoms with E-state index in [9.17, 15) is 9.90 Å². The summed E-state index contributed by atoms with van der Waals surface area (Å²) in [6.45, 7) is 4.75. The van der Waals surface area contributed by atoms with Crippen molar-refractivity contribution in [3.8, 4) is 5.75 Å². The van der Waals surface area contributed by atoms with Crippen molar-refractivity contribution in [2.75, 3.05) is 32.8 Å². The number of amides is 1. The molecule has 2 heterocycles. The predicted octanol–water partition coefficient (Wildman–Crippen LogP) is 2.46. The molecule has 0 saturated carbocycles. The molecule has 0 spiro atoms. The third-order valence-electron chi connectivity index (χ3n) is 5.88. The zero-order valence-corrected chi connectivity index (χ0v) is 16.2. The van der Waals surface area contributed by atoms with Gasteiger partial charge in [-0.25, -0.2) is 0 Å². The first-order valence-corrected chi connectivity index (χ1v) is 10.1. The Labute approximate surface area is 166 Å². The number of nitrogens with zero attached hydrogens (tertiary/aromatic N) is 2. The fourth-order valence-corrected chi connectivity index (χ4v) is 4.19. The highest BCUT2D eigenvalue weighted by Crippen LogP contribution is 2.28. The molecular weight excluding hydrogens is 352 g/mol. The van der Waals surface area contributed by atoms with Crippen LogP contribution in [0.3, 0.4) is 0 Å². The van der Waals surface area contributed by atoms with Gasteiger partial charge in [-0.05, 0) is 35.6 Å². The standard InChI is InChI=1S/C23H28N2O3/c26-17-21-7-2-1-6-20(21)16-24-10-12-25(13-11-24)23(27)19-9-14-28-22-8-4-3-5-18(22)15-19/h1-8,19,26H,9-17H2/t19-/m1/s1. The van der Waals surface area contributed by atoms with Crippen molar-refractivity contribution in [2.45, 2.75) is 26.0 Å². The van der Waals surface area contributed by atoms with E-state index < -0.39 is 0 Å². The lowest BCUT2D eigenvalue weighted by Crippen LogP contribution is -2.50. The lowest BCUT2D eigenvalue weighted by Gasteiger charge is -2.36. The lowest BCUT2D eigenvalue weighted by molar-refractivity contribution is -0.137. The van der Waals surface area contributed by atoms with Gasteiger partial charge in [0.2, 0.25) is 5.91 Å². The number of carbonyl (C=O) groups excluding carboxylic acids is 1. The topological polar surface area (TPSA) is 53.0 Å². The minimum absolute atomic E-state index is 0.00492. The van der Waals surface area contributed by atoms with E-state index in [-0.39, 0.29) is 18.4 Å². The molecule has 4 rings (SSSR count). The molecule has 1 fully saturated rings. The van der Waals surface area contributed by atoms with Gasteiger partial charge >= 0.3 is 0 Å². The minimum atomic E-state index is 0.00492. The maximum atomic E-state index is 13.1. The first kappa shape index (κ1) is 19.0. The largest absolute Gasteiger partial charge is 0.493 e. The molecule has 148 valence electrons. The number of para-hydroxylation sites is 1. The zero-order valence-electron chi connectivity index (χ0n) is 16.2. The molecule has 0 unspecified atom stereocenters. The van der Waals surface area contributed by atoms with Crippen molar-refractivity contribution in [1.29, 1.82) is 0 Å². The number of ether oxygens (including phenoxy) is 1. The van der Waals surface area contributed by atoms with Gasteiger partial charge in [0.05, 0.1) is 13.2 Å². The molecule has 5 nitrogen and oxygen atoms in total. The molecule has 5 heteroatoms. The molecule has 2 aromatic rings. The molecule has 0 aromatic heterocycles. The average Bonchev–Trinajstić information content (AvgIpc) is 2.97. The smallest absolute Gasteiger partial charge is 0.226 e. The highest BCUT2D eigenvalue weighted by atomic mass is 16.5. The number of piperazine rings is 1. The number of fused-ring (bicyclic) bond motifs is 1. The number of benzene rings is 2. The Hall–Kier alpha value is -2.37. The van der Waals surface area contributed by atoms with Crippen molar-refractivity contribution in [3.05, 3.63) is 65.2 Å². The van der Waals surface area contributed by atoms with Crippen LogP contribution in [0, 0.1) is 5.92 Å². The van der Waals surface area contributed by atoms with Gasteiger partial charge < -0.3 is 14.7 Å². The second kappa shape index (κ2) is 8.76.